The normalized spacial score (nSPS) is 14.6. The first-order valence-corrected chi connectivity index (χ1v) is 9.24. The molecule has 0 radical (unpaired) electrons. The van der Waals surface area contributed by atoms with Crippen LogP contribution in [-0.2, 0) is 11.2 Å². The van der Waals surface area contributed by atoms with Gasteiger partial charge in [-0.2, -0.15) is 5.10 Å². The molecule has 0 spiro atoms. The fraction of sp³-hybridized carbons (Fsp3) is 0.200. The number of nitrogens with zero attached hydrogens (tertiary/aromatic N) is 4. The van der Waals surface area contributed by atoms with Crippen molar-refractivity contribution in [3.63, 3.8) is 0 Å². The number of aromatic nitrogens is 2. The number of nitrogens with one attached hydrogen (secondary N) is 1. The summed E-state index contributed by atoms with van der Waals surface area (Å²) in [5.41, 5.74) is 1.50. The monoisotopic (exact) mass is 415 g/mol. The van der Waals surface area contributed by atoms with Crippen LogP contribution in [0.2, 0.25) is 5.02 Å². The molecule has 0 saturated carbocycles. The van der Waals surface area contributed by atoms with E-state index in [4.69, 9.17) is 11.6 Å². The molecule has 1 aliphatic heterocycles. The van der Waals surface area contributed by atoms with Crippen molar-refractivity contribution in [3.05, 3.63) is 70.4 Å². The lowest BCUT2D eigenvalue weighted by molar-refractivity contribution is -0.118. The summed E-state index contributed by atoms with van der Waals surface area (Å²) in [7, 11) is 0. The lowest BCUT2D eigenvalue weighted by Crippen LogP contribution is -2.30. The third-order valence-corrected chi connectivity index (χ3v) is 4.31. The molecular weight excluding hydrogens is 397 g/mol. The van der Waals surface area contributed by atoms with Gasteiger partial charge in [0, 0.05) is 35.8 Å². The molecule has 2 aromatic rings. The molecule has 1 aliphatic rings. The molecule has 2 heterocycles. The minimum Gasteiger partial charge on any atom is -0.337 e. The number of halogens is 2. The molecule has 1 N–H and O–H groups in total. The van der Waals surface area contributed by atoms with Crippen LogP contribution in [0.3, 0.4) is 0 Å². The third kappa shape index (κ3) is 5.39. The van der Waals surface area contributed by atoms with Crippen molar-refractivity contribution in [2.75, 3.05) is 13.2 Å². The zero-order valence-electron chi connectivity index (χ0n) is 15.7. The number of carbonyl (C=O) groups excluding carboxylic acids is 2. The number of rotatable bonds is 6. The molecule has 0 aliphatic carbocycles. The zero-order chi connectivity index (χ0) is 20.8. The van der Waals surface area contributed by atoms with Crippen LogP contribution in [0.1, 0.15) is 28.7 Å². The highest BCUT2D eigenvalue weighted by Crippen LogP contribution is 2.19. The molecular formula is C20H19ClFN5O2. The van der Waals surface area contributed by atoms with E-state index in [0.29, 0.717) is 22.7 Å². The minimum atomic E-state index is -0.438. The Morgan fingerprint density at radius 3 is 2.86 bits per heavy atom. The minimum absolute atomic E-state index is 0.00582. The predicted octanol–water partition coefficient (Wildman–Crippen LogP) is 2.87. The summed E-state index contributed by atoms with van der Waals surface area (Å²) in [6.07, 6.45) is 8.68. The van der Waals surface area contributed by atoms with Crippen molar-refractivity contribution in [3.8, 4) is 0 Å². The van der Waals surface area contributed by atoms with Gasteiger partial charge in [0.05, 0.1) is 6.67 Å². The van der Waals surface area contributed by atoms with E-state index in [-0.39, 0.29) is 30.7 Å². The Bertz CT molecular complexity index is 992. The largest absolute Gasteiger partial charge is 0.337 e. The lowest BCUT2D eigenvalue weighted by atomic mass is 10.1. The van der Waals surface area contributed by atoms with Crippen LogP contribution in [-0.4, -0.2) is 45.9 Å². The number of aliphatic imine (C=N–C) groups is 1. The Hall–Kier alpha value is -3.26. The maximum atomic E-state index is 13.7. The van der Waals surface area contributed by atoms with Crippen molar-refractivity contribution in [1.82, 2.24) is 20.0 Å². The average Bonchev–Trinajstić information content (AvgIpc) is 3.27. The summed E-state index contributed by atoms with van der Waals surface area (Å²) in [6, 6.07) is 5.90. The van der Waals surface area contributed by atoms with E-state index in [2.05, 4.69) is 15.4 Å². The standard InChI is InChI=1S/C20H19ClFN5O2/c1-2-23-5-3-4-6-27-17(9-14-7-15(21)10-16(22)8-14)11-18(25-27)20(29)26-12-19(28)24-13-26/h2-8,10-11H,9,12-13H2,1H3,(H,24,28)/b5-3-,6-4+,23-2?. The summed E-state index contributed by atoms with van der Waals surface area (Å²) >= 11 is 5.95. The highest BCUT2D eigenvalue weighted by molar-refractivity contribution is 6.30. The van der Waals surface area contributed by atoms with Gasteiger partial charge in [-0.25, -0.2) is 9.07 Å². The van der Waals surface area contributed by atoms with Crippen LogP contribution in [0.25, 0.3) is 6.20 Å². The number of hydrogen-bond donors (Lipinski definition) is 1. The van der Waals surface area contributed by atoms with E-state index in [0.717, 1.165) is 0 Å². The van der Waals surface area contributed by atoms with Gasteiger partial charge in [0.2, 0.25) is 5.91 Å². The summed E-state index contributed by atoms with van der Waals surface area (Å²) in [4.78, 5) is 29.4. The molecule has 2 amide bonds. The van der Waals surface area contributed by atoms with E-state index in [1.807, 2.05) is 0 Å². The molecule has 150 valence electrons. The molecule has 9 heteroatoms. The first-order valence-electron chi connectivity index (χ1n) is 8.87. The second-order valence-corrected chi connectivity index (χ2v) is 6.71. The number of hydrogen-bond acceptors (Lipinski definition) is 4. The van der Waals surface area contributed by atoms with Crippen LogP contribution in [0, 0.1) is 5.82 Å². The second-order valence-electron chi connectivity index (χ2n) is 6.27. The smallest absolute Gasteiger partial charge is 0.276 e. The van der Waals surface area contributed by atoms with Crippen molar-refractivity contribution in [2.45, 2.75) is 13.3 Å². The number of amides is 2. The van der Waals surface area contributed by atoms with Crippen molar-refractivity contribution in [1.29, 1.82) is 0 Å². The summed E-state index contributed by atoms with van der Waals surface area (Å²) < 4.78 is 15.2. The van der Waals surface area contributed by atoms with E-state index in [9.17, 15) is 14.0 Å². The van der Waals surface area contributed by atoms with Crippen LogP contribution < -0.4 is 5.32 Å². The summed E-state index contributed by atoms with van der Waals surface area (Å²) in [5, 5.41) is 7.22. The highest BCUT2D eigenvalue weighted by atomic mass is 35.5. The van der Waals surface area contributed by atoms with Gasteiger partial charge in [0.25, 0.3) is 5.91 Å². The van der Waals surface area contributed by atoms with E-state index in [1.165, 1.54) is 21.7 Å². The number of benzene rings is 1. The Balaban J connectivity index is 1.90. The van der Waals surface area contributed by atoms with Crippen LogP contribution in [0.5, 0.6) is 0 Å². The van der Waals surface area contributed by atoms with Gasteiger partial charge in [-0.3, -0.25) is 14.6 Å². The Kier molecular flexibility index (Phi) is 6.56. The molecule has 0 unspecified atom stereocenters. The van der Waals surface area contributed by atoms with E-state index in [1.54, 1.807) is 49.8 Å². The maximum Gasteiger partial charge on any atom is 0.276 e. The van der Waals surface area contributed by atoms with Crippen molar-refractivity contribution < 1.29 is 14.0 Å². The van der Waals surface area contributed by atoms with Crippen LogP contribution >= 0.6 is 11.6 Å². The van der Waals surface area contributed by atoms with Crippen LogP contribution in [0.4, 0.5) is 4.39 Å². The van der Waals surface area contributed by atoms with Gasteiger partial charge in [-0.1, -0.05) is 11.6 Å². The lowest BCUT2D eigenvalue weighted by Gasteiger charge is -2.10. The molecule has 29 heavy (non-hydrogen) atoms. The van der Waals surface area contributed by atoms with Crippen molar-refractivity contribution >= 4 is 35.8 Å². The summed E-state index contributed by atoms with van der Waals surface area (Å²) in [6.45, 7) is 1.95. The topological polar surface area (TPSA) is 79.6 Å². The fourth-order valence-electron chi connectivity index (χ4n) is 2.81. The molecule has 7 nitrogen and oxygen atoms in total. The molecule has 3 rings (SSSR count). The first kappa shape index (κ1) is 20.5. The molecule has 1 saturated heterocycles. The molecule has 0 bridgehead atoms. The third-order valence-electron chi connectivity index (χ3n) is 4.09. The molecule has 0 atom stereocenters. The number of allylic oxidation sites excluding steroid dienone is 2. The Morgan fingerprint density at radius 2 is 2.17 bits per heavy atom. The fourth-order valence-corrected chi connectivity index (χ4v) is 3.06. The quantitative estimate of drug-likeness (QED) is 0.582. The van der Waals surface area contributed by atoms with Gasteiger partial charge in [0.1, 0.15) is 12.4 Å². The SMILES string of the molecule is CC=N/C=C\C=C\n1nc(C(=O)N2CNC(=O)C2)cc1Cc1cc(F)cc(Cl)c1. The van der Waals surface area contributed by atoms with Gasteiger partial charge in [-0.15, -0.1) is 0 Å². The van der Waals surface area contributed by atoms with E-state index < -0.39 is 5.82 Å². The Labute approximate surface area is 172 Å². The Morgan fingerprint density at radius 1 is 1.34 bits per heavy atom. The predicted molar refractivity (Wildman–Crippen MR) is 109 cm³/mol. The van der Waals surface area contributed by atoms with Crippen LogP contribution in [0.15, 0.2) is 47.6 Å². The molecule has 1 aromatic heterocycles. The van der Waals surface area contributed by atoms with Crippen molar-refractivity contribution in [2.24, 2.45) is 4.99 Å². The molecule has 1 aromatic carbocycles. The van der Waals surface area contributed by atoms with Gasteiger partial charge >= 0.3 is 0 Å². The first-order chi connectivity index (χ1) is 14.0. The van der Waals surface area contributed by atoms with Gasteiger partial charge < -0.3 is 10.2 Å². The summed E-state index contributed by atoms with van der Waals surface area (Å²) in [5.74, 6) is -1.01. The van der Waals surface area contributed by atoms with Gasteiger partial charge in [-0.05, 0) is 48.9 Å². The average molecular weight is 416 g/mol. The zero-order valence-corrected chi connectivity index (χ0v) is 16.4. The molecule has 1 fully saturated rings. The van der Waals surface area contributed by atoms with Gasteiger partial charge in [0.15, 0.2) is 5.69 Å². The van der Waals surface area contributed by atoms with E-state index >= 15 is 0 Å². The number of carbonyl (C=O) groups is 2. The maximum absolute atomic E-state index is 13.7. The second kappa shape index (κ2) is 9.29. The highest BCUT2D eigenvalue weighted by Gasteiger charge is 2.26.